The smallest absolute Gasteiger partial charge is 0.283 e. The summed E-state index contributed by atoms with van der Waals surface area (Å²) in [5, 5.41) is 12.0. The minimum atomic E-state index is -0.428. The lowest BCUT2D eigenvalue weighted by atomic mass is 10.2. The number of hydrogen-bond donors (Lipinski definition) is 2. The number of aromatic nitrogens is 3. The molecule has 3 heterocycles. The number of aromatic amines is 1. The van der Waals surface area contributed by atoms with Crippen molar-refractivity contribution >= 4 is 23.5 Å². The lowest BCUT2D eigenvalue weighted by molar-refractivity contribution is 0.556. The number of nitrogens with one attached hydrogen (secondary N) is 2. The minimum Gasteiger partial charge on any atom is -0.465 e. The molecule has 2 aliphatic heterocycles. The highest BCUT2D eigenvalue weighted by atomic mass is 32.1. The Morgan fingerprint density at radius 1 is 1.52 bits per heavy atom. The van der Waals surface area contributed by atoms with Crippen molar-refractivity contribution in [1.29, 1.82) is 5.41 Å². The van der Waals surface area contributed by atoms with Crippen LogP contribution in [0.15, 0.2) is 27.6 Å². The van der Waals surface area contributed by atoms with Crippen LogP contribution in [0.4, 0.5) is 0 Å². The summed E-state index contributed by atoms with van der Waals surface area (Å²) in [7, 11) is 0. The van der Waals surface area contributed by atoms with Crippen molar-refractivity contribution in [3.63, 3.8) is 0 Å². The van der Waals surface area contributed by atoms with Gasteiger partial charge < -0.3 is 4.42 Å². The first-order valence-corrected chi connectivity index (χ1v) is 7.30. The summed E-state index contributed by atoms with van der Waals surface area (Å²) in [6.07, 6.45) is 5.08. The standard InChI is InChI=1S/C14H14N4O2S/c1-8(2)6-11-17-18-12(15)10(7-9-4-3-5-20-9)13(19)16-14(18)21-11/h3-8,15,17H,1-2H3. The maximum absolute atomic E-state index is 12.1. The second kappa shape index (κ2) is 5.17. The molecule has 7 heteroatoms. The molecule has 6 nitrogen and oxygen atoms in total. The van der Waals surface area contributed by atoms with E-state index in [1.807, 2.05) is 6.08 Å². The lowest BCUT2D eigenvalue weighted by Gasteiger charge is -1.98. The van der Waals surface area contributed by atoms with E-state index >= 15 is 0 Å². The van der Waals surface area contributed by atoms with Crippen molar-refractivity contribution in [3.05, 3.63) is 49.9 Å². The van der Waals surface area contributed by atoms with Gasteiger partial charge in [-0.1, -0.05) is 25.2 Å². The zero-order valence-corrected chi connectivity index (χ0v) is 12.4. The Kier molecular flexibility index (Phi) is 3.34. The molecule has 1 aromatic heterocycles. The second-order valence-electron chi connectivity index (χ2n) is 4.95. The molecule has 2 N–H and O–H groups in total. The first-order valence-electron chi connectivity index (χ1n) is 6.48. The zero-order valence-electron chi connectivity index (χ0n) is 11.6. The van der Waals surface area contributed by atoms with Crippen molar-refractivity contribution in [2.24, 2.45) is 5.92 Å². The number of hydrogen-bond acceptors (Lipinski definition) is 5. The summed E-state index contributed by atoms with van der Waals surface area (Å²) in [5.41, 5.74) is -0.358. The monoisotopic (exact) mass is 302 g/mol. The highest BCUT2D eigenvalue weighted by molar-refractivity contribution is 7.11. The minimum absolute atomic E-state index is 0.0704. The first kappa shape index (κ1) is 13.6. The van der Waals surface area contributed by atoms with Gasteiger partial charge in [-0.25, -0.2) is 4.68 Å². The third-order valence-corrected chi connectivity index (χ3v) is 3.74. The van der Waals surface area contributed by atoms with Gasteiger partial charge in [0.1, 0.15) is 10.4 Å². The van der Waals surface area contributed by atoms with Crippen LogP contribution in [0.25, 0.3) is 17.3 Å². The molecule has 0 atom stereocenters. The van der Waals surface area contributed by atoms with Crippen LogP contribution in [0.5, 0.6) is 0 Å². The van der Waals surface area contributed by atoms with E-state index in [1.54, 1.807) is 12.1 Å². The van der Waals surface area contributed by atoms with Crippen LogP contribution in [-0.4, -0.2) is 14.8 Å². The summed E-state index contributed by atoms with van der Waals surface area (Å²) in [6.45, 7) is 4.13. The number of H-pyrrole nitrogens is 1. The molecule has 108 valence electrons. The molecule has 0 unspecified atom stereocenters. The molecule has 2 aliphatic rings. The summed E-state index contributed by atoms with van der Waals surface area (Å²) < 4.78 is 7.57. The molecular weight excluding hydrogens is 288 g/mol. The number of fused-ring (bicyclic) bond motifs is 1. The fourth-order valence-corrected chi connectivity index (χ4v) is 2.97. The summed E-state index contributed by atoms with van der Waals surface area (Å²) in [5.74, 6) is 0.886. The fraction of sp³-hybridized carbons (Fsp3) is 0.214. The molecule has 0 radical (unpaired) electrons. The number of nitrogens with zero attached hydrogens (tertiary/aromatic N) is 2. The van der Waals surface area contributed by atoms with Crippen LogP contribution in [0, 0.1) is 11.3 Å². The molecule has 0 fully saturated rings. The summed E-state index contributed by atoms with van der Waals surface area (Å²) in [4.78, 5) is 16.1. The summed E-state index contributed by atoms with van der Waals surface area (Å²) >= 11 is 1.35. The Morgan fingerprint density at radius 3 is 3.00 bits per heavy atom. The van der Waals surface area contributed by atoms with Crippen molar-refractivity contribution < 1.29 is 4.42 Å². The van der Waals surface area contributed by atoms with Gasteiger partial charge in [0.2, 0.25) is 5.13 Å². The molecule has 0 spiro atoms. The van der Waals surface area contributed by atoms with Crippen LogP contribution >= 0.6 is 11.3 Å². The SMILES string of the molecule is CC(C)C=c1[nH]n2c(=N)c(=Cc3ccco3)c(=O)nc-2s1. The molecule has 0 aliphatic carbocycles. The van der Waals surface area contributed by atoms with E-state index in [9.17, 15) is 4.79 Å². The molecule has 0 amide bonds. The van der Waals surface area contributed by atoms with Gasteiger partial charge in [-0.2, -0.15) is 4.98 Å². The van der Waals surface area contributed by atoms with E-state index < -0.39 is 5.56 Å². The Hall–Kier alpha value is -2.41. The van der Waals surface area contributed by atoms with Gasteiger partial charge in [0, 0.05) is 0 Å². The molecule has 0 bridgehead atoms. The molecule has 0 saturated carbocycles. The Labute approximate surface area is 123 Å². The van der Waals surface area contributed by atoms with Gasteiger partial charge in [0.15, 0.2) is 5.49 Å². The Morgan fingerprint density at radius 2 is 2.33 bits per heavy atom. The zero-order chi connectivity index (χ0) is 15.0. The quantitative estimate of drug-likeness (QED) is 0.718. The average molecular weight is 302 g/mol. The third kappa shape index (κ3) is 2.59. The average Bonchev–Trinajstić information content (AvgIpc) is 3.03. The topological polar surface area (TPSA) is 87.7 Å². The Balaban J connectivity index is 2.32. The normalized spacial score (nSPS) is 13.7. The lowest BCUT2D eigenvalue weighted by Crippen LogP contribution is -2.47. The van der Waals surface area contributed by atoms with Crippen LogP contribution < -0.4 is 20.9 Å². The second-order valence-corrected chi connectivity index (χ2v) is 5.95. The molecule has 3 rings (SSSR count). The fourth-order valence-electron chi connectivity index (χ4n) is 1.94. The predicted molar refractivity (Wildman–Crippen MR) is 79.9 cm³/mol. The van der Waals surface area contributed by atoms with Crippen LogP contribution in [-0.2, 0) is 0 Å². The maximum Gasteiger partial charge on any atom is 0.283 e. The van der Waals surface area contributed by atoms with Crippen LogP contribution in [0.1, 0.15) is 19.6 Å². The van der Waals surface area contributed by atoms with E-state index in [1.165, 1.54) is 28.4 Å². The van der Waals surface area contributed by atoms with Crippen molar-refractivity contribution in [2.45, 2.75) is 13.8 Å². The van der Waals surface area contributed by atoms with Gasteiger partial charge >= 0.3 is 0 Å². The Bertz CT molecular complexity index is 960. The van der Waals surface area contributed by atoms with Gasteiger partial charge in [-0.3, -0.25) is 15.3 Å². The van der Waals surface area contributed by atoms with E-state index in [2.05, 4.69) is 23.9 Å². The highest BCUT2D eigenvalue weighted by Crippen LogP contribution is 2.02. The van der Waals surface area contributed by atoms with Gasteiger partial charge in [0.25, 0.3) is 5.56 Å². The summed E-state index contributed by atoms with van der Waals surface area (Å²) in [6, 6.07) is 3.45. The highest BCUT2D eigenvalue weighted by Gasteiger charge is 2.10. The van der Waals surface area contributed by atoms with Crippen molar-refractivity contribution in [3.8, 4) is 5.13 Å². The molecule has 1 aromatic rings. The third-order valence-electron chi connectivity index (χ3n) is 2.84. The van der Waals surface area contributed by atoms with E-state index in [0.717, 1.165) is 4.66 Å². The van der Waals surface area contributed by atoms with E-state index in [4.69, 9.17) is 9.83 Å². The maximum atomic E-state index is 12.1. The van der Waals surface area contributed by atoms with E-state index in [-0.39, 0.29) is 10.7 Å². The predicted octanol–water partition coefficient (Wildman–Crippen LogP) is 0.398. The largest absolute Gasteiger partial charge is 0.465 e. The van der Waals surface area contributed by atoms with Gasteiger partial charge in [0.05, 0.1) is 11.5 Å². The van der Waals surface area contributed by atoms with Crippen molar-refractivity contribution in [1.82, 2.24) is 14.8 Å². The molecule has 0 saturated heterocycles. The van der Waals surface area contributed by atoms with Crippen LogP contribution in [0.2, 0.25) is 0 Å². The first-order chi connectivity index (χ1) is 10.0. The number of furan rings is 1. The number of rotatable bonds is 2. The molecular formula is C14H14N4O2S. The van der Waals surface area contributed by atoms with Gasteiger partial charge in [-0.05, 0) is 30.2 Å². The van der Waals surface area contributed by atoms with Gasteiger partial charge in [-0.15, -0.1) is 0 Å². The van der Waals surface area contributed by atoms with E-state index in [0.29, 0.717) is 16.8 Å². The van der Waals surface area contributed by atoms with Crippen LogP contribution in [0.3, 0.4) is 0 Å². The molecule has 21 heavy (non-hydrogen) atoms. The molecule has 0 aromatic carbocycles. The van der Waals surface area contributed by atoms with Crippen molar-refractivity contribution in [2.75, 3.05) is 0 Å².